The van der Waals surface area contributed by atoms with E-state index < -0.39 is 5.91 Å². The maximum absolute atomic E-state index is 11.0. The average molecular weight is 248 g/mol. The Bertz CT molecular complexity index is 594. The summed E-state index contributed by atoms with van der Waals surface area (Å²) in [7, 11) is 0. The minimum absolute atomic E-state index is 0.239. The third-order valence-electron chi connectivity index (χ3n) is 2.37. The second-order valence-electron chi connectivity index (χ2n) is 3.46. The molecule has 0 radical (unpaired) electrons. The second-order valence-corrected chi connectivity index (χ2v) is 4.49. The van der Waals surface area contributed by atoms with E-state index in [0.717, 1.165) is 16.3 Å². The van der Waals surface area contributed by atoms with Crippen molar-refractivity contribution in [2.24, 2.45) is 5.73 Å². The van der Waals surface area contributed by atoms with Crippen molar-refractivity contribution in [1.82, 2.24) is 4.98 Å². The number of aromatic nitrogens is 1. The van der Waals surface area contributed by atoms with E-state index in [1.165, 1.54) is 17.5 Å². The van der Waals surface area contributed by atoms with Crippen LogP contribution in [0, 0.1) is 0 Å². The number of hydrogen-bond acceptors (Lipinski definition) is 5. The summed E-state index contributed by atoms with van der Waals surface area (Å²) in [6, 6.07) is 5.53. The standard InChI is InChI=1S/C11H8N2O3S/c12-10(14)9-4-13-11(17-9)6-1-2-7-8(3-6)16-5-15-7/h1-4H,5H2,(H2,12,14). The highest BCUT2D eigenvalue weighted by Crippen LogP contribution is 2.36. The lowest BCUT2D eigenvalue weighted by Crippen LogP contribution is -2.08. The molecule has 86 valence electrons. The second kappa shape index (κ2) is 3.74. The molecule has 1 aromatic carbocycles. The van der Waals surface area contributed by atoms with Crippen LogP contribution >= 0.6 is 11.3 Å². The van der Waals surface area contributed by atoms with Crippen molar-refractivity contribution in [3.8, 4) is 22.1 Å². The van der Waals surface area contributed by atoms with Crippen molar-refractivity contribution in [3.63, 3.8) is 0 Å². The molecule has 2 heterocycles. The van der Waals surface area contributed by atoms with E-state index in [-0.39, 0.29) is 6.79 Å². The lowest BCUT2D eigenvalue weighted by Gasteiger charge is -1.98. The summed E-state index contributed by atoms with van der Waals surface area (Å²) >= 11 is 1.26. The van der Waals surface area contributed by atoms with Crippen LogP contribution in [-0.2, 0) is 0 Å². The molecule has 0 unspecified atom stereocenters. The van der Waals surface area contributed by atoms with Gasteiger partial charge in [-0.3, -0.25) is 4.79 Å². The van der Waals surface area contributed by atoms with Crippen LogP contribution in [0.5, 0.6) is 11.5 Å². The van der Waals surface area contributed by atoms with Crippen LogP contribution in [0.4, 0.5) is 0 Å². The number of benzene rings is 1. The molecule has 1 aliphatic heterocycles. The van der Waals surface area contributed by atoms with E-state index >= 15 is 0 Å². The number of carbonyl (C=O) groups is 1. The predicted octanol–water partition coefficient (Wildman–Crippen LogP) is 1.64. The number of primary amides is 1. The molecule has 6 heteroatoms. The van der Waals surface area contributed by atoms with Gasteiger partial charge in [0.25, 0.3) is 5.91 Å². The minimum atomic E-state index is -0.463. The zero-order valence-corrected chi connectivity index (χ0v) is 9.49. The molecule has 0 spiro atoms. The molecular formula is C11H8N2O3S. The molecule has 0 saturated carbocycles. The fourth-order valence-electron chi connectivity index (χ4n) is 1.55. The highest BCUT2D eigenvalue weighted by Gasteiger charge is 2.15. The first-order valence-electron chi connectivity index (χ1n) is 4.90. The summed E-state index contributed by atoms with van der Waals surface area (Å²) < 4.78 is 10.5. The van der Waals surface area contributed by atoms with Gasteiger partial charge in [0.15, 0.2) is 11.5 Å². The molecule has 2 N–H and O–H groups in total. The van der Waals surface area contributed by atoms with Crippen molar-refractivity contribution < 1.29 is 14.3 Å². The van der Waals surface area contributed by atoms with E-state index in [4.69, 9.17) is 15.2 Å². The first-order chi connectivity index (χ1) is 8.24. The Hall–Kier alpha value is -2.08. The zero-order valence-electron chi connectivity index (χ0n) is 8.67. The first kappa shape index (κ1) is 10.1. The van der Waals surface area contributed by atoms with E-state index in [1.54, 1.807) is 0 Å². The van der Waals surface area contributed by atoms with Crippen molar-refractivity contribution in [2.75, 3.05) is 6.79 Å². The number of amides is 1. The SMILES string of the molecule is NC(=O)c1cnc(-c2ccc3c(c2)OCO3)s1. The topological polar surface area (TPSA) is 74.4 Å². The van der Waals surface area contributed by atoms with Gasteiger partial charge < -0.3 is 15.2 Å². The van der Waals surface area contributed by atoms with Crippen LogP contribution in [0.15, 0.2) is 24.4 Å². The number of fused-ring (bicyclic) bond motifs is 1. The van der Waals surface area contributed by atoms with Crippen LogP contribution in [0.25, 0.3) is 10.6 Å². The number of nitrogens with two attached hydrogens (primary N) is 1. The molecule has 0 atom stereocenters. The lowest BCUT2D eigenvalue weighted by atomic mass is 10.2. The highest BCUT2D eigenvalue weighted by atomic mass is 32.1. The van der Waals surface area contributed by atoms with Crippen molar-refractivity contribution in [2.45, 2.75) is 0 Å². The van der Waals surface area contributed by atoms with Gasteiger partial charge in [0.1, 0.15) is 9.88 Å². The highest BCUT2D eigenvalue weighted by molar-refractivity contribution is 7.16. The smallest absolute Gasteiger partial charge is 0.260 e. The normalized spacial score (nSPS) is 12.7. The lowest BCUT2D eigenvalue weighted by molar-refractivity contribution is 0.100. The van der Waals surface area contributed by atoms with E-state index in [9.17, 15) is 4.79 Å². The Balaban J connectivity index is 2.00. The van der Waals surface area contributed by atoms with Gasteiger partial charge in [0.2, 0.25) is 6.79 Å². The Morgan fingerprint density at radius 2 is 2.18 bits per heavy atom. The molecule has 1 aromatic heterocycles. The molecular weight excluding hydrogens is 240 g/mol. The number of nitrogens with zero attached hydrogens (tertiary/aromatic N) is 1. The molecule has 17 heavy (non-hydrogen) atoms. The quantitative estimate of drug-likeness (QED) is 0.876. The molecule has 0 saturated heterocycles. The number of hydrogen-bond donors (Lipinski definition) is 1. The predicted molar refractivity (Wildman–Crippen MR) is 62.2 cm³/mol. The Morgan fingerprint density at radius 3 is 2.94 bits per heavy atom. The number of carbonyl (C=O) groups excluding carboxylic acids is 1. The fraction of sp³-hybridized carbons (Fsp3) is 0.0909. The van der Waals surface area contributed by atoms with Gasteiger partial charge in [-0.05, 0) is 18.2 Å². The summed E-state index contributed by atoms with van der Waals surface area (Å²) in [5.74, 6) is 0.952. The summed E-state index contributed by atoms with van der Waals surface area (Å²) in [5.41, 5.74) is 6.06. The van der Waals surface area contributed by atoms with E-state index in [2.05, 4.69) is 4.98 Å². The summed E-state index contributed by atoms with van der Waals surface area (Å²) in [4.78, 5) is 15.6. The summed E-state index contributed by atoms with van der Waals surface area (Å²) in [6.45, 7) is 0.239. The number of ether oxygens (including phenoxy) is 2. The van der Waals surface area contributed by atoms with E-state index in [0.29, 0.717) is 10.6 Å². The minimum Gasteiger partial charge on any atom is -0.454 e. The van der Waals surface area contributed by atoms with Crippen molar-refractivity contribution in [1.29, 1.82) is 0 Å². The van der Waals surface area contributed by atoms with Crippen LogP contribution in [0.1, 0.15) is 9.67 Å². The molecule has 0 aliphatic carbocycles. The van der Waals surface area contributed by atoms with Crippen molar-refractivity contribution in [3.05, 3.63) is 29.3 Å². The Labute approximate surface area is 101 Å². The van der Waals surface area contributed by atoms with Gasteiger partial charge in [0, 0.05) is 5.56 Å². The van der Waals surface area contributed by atoms with Gasteiger partial charge in [-0.15, -0.1) is 11.3 Å². The zero-order chi connectivity index (χ0) is 11.8. The number of rotatable bonds is 2. The first-order valence-corrected chi connectivity index (χ1v) is 5.71. The van der Waals surface area contributed by atoms with Crippen molar-refractivity contribution >= 4 is 17.2 Å². The Morgan fingerprint density at radius 1 is 1.35 bits per heavy atom. The van der Waals surface area contributed by atoms with Gasteiger partial charge in [-0.1, -0.05) is 0 Å². The fourth-order valence-corrected chi connectivity index (χ4v) is 2.32. The maximum Gasteiger partial charge on any atom is 0.260 e. The van der Waals surface area contributed by atoms with Crippen LogP contribution in [0.2, 0.25) is 0 Å². The molecule has 3 rings (SSSR count). The monoisotopic (exact) mass is 248 g/mol. The molecule has 1 amide bonds. The molecule has 1 aliphatic rings. The van der Waals surface area contributed by atoms with Crippen LogP contribution in [0.3, 0.4) is 0 Å². The summed E-state index contributed by atoms with van der Waals surface area (Å²) in [6.07, 6.45) is 1.48. The van der Waals surface area contributed by atoms with Gasteiger partial charge in [-0.25, -0.2) is 4.98 Å². The van der Waals surface area contributed by atoms with Crippen LogP contribution < -0.4 is 15.2 Å². The number of thiazole rings is 1. The Kier molecular flexibility index (Phi) is 2.22. The maximum atomic E-state index is 11.0. The largest absolute Gasteiger partial charge is 0.454 e. The van der Waals surface area contributed by atoms with Gasteiger partial charge >= 0.3 is 0 Å². The van der Waals surface area contributed by atoms with E-state index in [1.807, 2.05) is 18.2 Å². The summed E-state index contributed by atoms with van der Waals surface area (Å²) in [5, 5.41) is 0.733. The third kappa shape index (κ3) is 1.72. The molecule has 5 nitrogen and oxygen atoms in total. The van der Waals surface area contributed by atoms with Gasteiger partial charge in [0.05, 0.1) is 6.20 Å². The third-order valence-corrected chi connectivity index (χ3v) is 3.43. The molecule has 0 fully saturated rings. The van der Waals surface area contributed by atoms with Crippen LogP contribution in [-0.4, -0.2) is 17.7 Å². The average Bonchev–Trinajstić information content (AvgIpc) is 2.97. The molecule has 2 aromatic rings. The molecule has 0 bridgehead atoms. The van der Waals surface area contributed by atoms with Gasteiger partial charge in [-0.2, -0.15) is 0 Å².